The van der Waals surface area contributed by atoms with E-state index in [2.05, 4.69) is 27.6 Å². The van der Waals surface area contributed by atoms with Crippen LogP contribution >= 0.6 is 0 Å². The minimum Gasteiger partial charge on any atom is -0.299 e. The molecule has 0 amide bonds. The van der Waals surface area contributed by atoms with Crippen molar-refractivity contribution in [3.63, 3.8) is 0 Å². The largest absolute Gasteiger partial charge is 0.418 e. The lowest BCUT2D eigenvalue weighted by atomic mass is 9.65. The molecule has 2 aliphatic heterocycles. The topological polar surface area (TPSA) is 57.0 Å². The number of aromatic nitrogens is 2. The number of alkyl halides is 3. The molecule has 2 aromatic rings. The molecule has 0 aromatic carbocycles. The molecule has 5 fully saturated rings. The molecule has 0 bridgehead atoms. The Labute approximate surface area is 240 Å². The van der Waals surface area contributed by atoms with Gasteiger partial charge < -0.3 is 0 Å². The Balaban J connectivity index is 1.18. The van der Waals surface area contributed by atoms with Gasteiger partial charge in [0.15, 0.2) is 0 Å². The van der Waals surface area contributed by atoms with E-state index in [-0.39, 0.29) is 17.2 Å². The van der Waals surface area contributed by atoms with Crippen LogP contribution in [0.15, 0.2) is 23.3 Å². The monoisotopic (exact) mass is 574 g/mol. The molecule has 3 aliphatic carbocycles. The third kappa shape index (κ3) is 5.50. The average Bonchev–Trinajstić information content (AvgIpc) is 3.55. The Morgan fingerprint density at radius 3 is 2.46 bits per heavy atom. The maximum absolute atomic E-state index is 14.3. The fourth-order valence-electron chi connectivity index (χ4n) is 8.56. The normalized spacial score (nSPS) is 31.5. The van der Waals surface area contributed by atoms with Crippen LogP contribution in [0.25, 0.3) is 5.52 Å². The van der Waals surface area contributed by atoms with Crippen molar-refractivity contribution in [3.8, 4) is 0 Å². The van der Waals surface area contributed by atoms with Crippen LogP contribution in [0.1, 0.15) is 94.7 Å². The van der Waals surface area contributed by atoms with E-state index in [9.17, 15) is 18.0 Å². The highest BCUT2D eigenvalue weighted by molar-refractivity contribution is 5.56. The van der Waals surface area contributed by atoms with Gasteiger partial charge in [-0.05, 0) is 86.8 Å². The number of hydrazine groups is 1. The Hall–Kier alpha value is -1.88. The molecule has 10 heteroatoms. The number of piperidine rings is 1. The van der Waals surface area contributed by atoms with Crippen LogP contribution in [-0.4, -0.2) is 50.7 Å². The summed E-state index contributed by atoms with van der Waals surface area (Å²) in [5.74, 6) is 2.16. The van der Waals surface area contributed by atoms with Gasteiger partial charge >= 0.3 is 11.9 Å². The standard InChI is InChI=1S/C31H45F3N6O/c1-20-5-4-12-37(15-20)16-21-13-26(31(32,33)34)27-18-38(30(41)39(27)17-21)25-9-3-8-23(14-25)28(22-6-2-7-22)29-36-35-19-40(29)24-10-11-24/h13,17-18,20,22-25,28-29,35-36H,2-12,14-16,19H2,1H3/t20-,23?,25?,28+,29?/m0/s1. The predicted octanol–water partition coefficient (Wildman–Crippen LogP) is 5.36. The highest BCUT2D eigenvalue weighted by atomic mass is 19.4. The van der Waals surface area contributed by atoms with E-state index in [1.807, 2.05) is 0 Å². The van der Waals surface area contributed by atoms with Crippen LogP contribution in [0.2, 0.25) is 0 Å². The lowest BCUT2D eigenvalue weighted by molar-refractivity contribution is -0.136. The van der Waals surface area contributed by atoms with Gasteiger partial charge in [0.25, 0.3) is 0 Å². The lowest BCUT2D eigenvalue weighted by Crippen LogP contribution is -2.51. The van der Waals surface area contributed by atoms with Crippen LogP contribution in [0, 0.1) is 23.7 Å². The summed E-state index contributed by atoms with van der Waals surface area (Å²) in [5, 5.41) is 0. The van der Waals surface area contributed by atoms with Crippen LogP contribution in [0.4, 0.5) is 13.2 Å². The van der Waals surface area contributed by atoms with Crippen molar-refractivity contribution in [1.82, 2.24) is 29.6 Å². The van der Waals surface area contributed by atoms with Gasteiger partial charge in [-0.3, -0.25) is 18.8 Å². The Morgan fingerprint density at radius 2 is 1.76 bits per heavy atom. The second-order valence-electron chi connectivity index (χ2n) is 13.8. The summed E-state index contributed by atoms with van der Waals surface area (Å²) in [6.07, 6.45) is 11.3. The molecule has 2 aromatic heterocycles. The molecule has 3 saturated carbocycles. The first-order valence-corrected chi connectivity index (χ1v) is 16.1. The summed E-state index contributed by atoms with van der Waals surface area (Å²) >= 11 is 0. The number of hydrogen-bond acceptors (Lipinski definition) is 5. The predicted molar refractivity (Wildman–Crippen MR) is 152 cm³/mol. The van der Waals surface area contributed by atoms with Crippen molar-refractivity contribution < 1.29 is 13.2 Å². The maximum atomic E-state index is 14.3. The van der Waals surface area contributed by atoms with Crippen molar-refractivity contribution in [2.24, 2.45) is 23.7 Å². The number of halogens is 3. The minimum atomic E-state index is -4.52. The van der Waals surface area contributed by atoms with Crippen LogP contribution < -0.4 is 16.5 Å². The number of hydrogen-bond donors (Lipinski definition) is 2. The van der Waals surface area contributed by atoms with Gasteiger partial charge in [0, 0.05) is 37.6 Å². The van der Waals surface area contributed by atoms with Gasteiger partial charge in [0.1, 0.15) is 0 Å². The maximum Gasteiger partial charge on any atom is 0.418 e. The molecular formula is C31H45F3N6O. The third-order valence-electron chi connectivity index (χ3n) is 10.9. The highest BCUT2D eigenvalue weighted by Crippen LogP contribution is 2.48. The van der Waals surface area contributed by atoms with Gasteiger partial charge in [0.2, 0.25) is 0 Å². The third-order valence-corrected chi connectivity index (χ3v) is 10.9. The first-order chi connectivity index (χ1) is 19.8. The van der Waals surface area contributed by atoms with E-state index >= 15 is 0 Å². The van der Waals surface area contributed by atoms with Crippen molar-refractivity contribution in [1.29, 1.82) is 0 Å². The molecule has 3 unspecified atom stereocenters. The Kier molecular flexibility index (Phi) is 7.49. The van der Waals surface area contributed by atoms with E-state index < -0.39 is 11.7 Å². The zero-order valence-electron chi connectivity index (χ0n) is 24.2. The highest BCUT2D eigenvalue weighted by Gasteiger charge is 2.47. The SMILES string of the molecule is C[C@H]1CCCN(Cc2cc(C(F)(F)F)c3cn(C4CCCC([C@@H](C5CCC5)C5NNCN5C5CC5)C4)c(=O)n3c2)C1. The fraction of sp³-hybridized carbons (Fsp3) is 0.774. The summed E-state index contributed by atoms with van der Waals surface area (Å²) < 4.78 is 46.0. The van der Waals surface area contributed by atoms with E-state index in [0.717, 1.165) is 58.3 Å². The molecule has 41 heavy (non-hydrogen) atoms. The second-order valence-corrected chi connectivity index (χ2v) is 13.8. The van der Waals surface area contributed by atoms with Crippen molar-refractivity contribution >= 4 is 5.52 Å². The number of nitrogens with one attached hydrogen (secondary N) is 2. The summed E-state index contributed by atoms with van der Waals surface area (Å²) in [6, 6.07) is 1.87. The summed E-state index contributed by atoms with van der Waals surface area (Å²) in [5.41, 5.74) is 6.52. The molecule has 4 heterocycles. The zero-order valence-corrected chi connectivity index (χ0v) is 24.2. The molecule has 2 saturated heterocycles. The molecule has 5 atom stereocenters. The first-order valence-electron chi connectivity index (χ1n) is 16.1. The van der Waals surface area contributed by atoms with Crippen molar-refractivity contribution in [2.45, 2.75) is 109 Å². The summed E-state index contributed by atoms with van der Waals surface area (Å²) in [7, 11) is 0. The summed E-state index contributed by atoms with van der Waals surface area (Å²) in [6.45, 7) is 5.27. The molecular weight excluding hydrogens is 529 g/mol. The molecule has 226 valence electrons. The van der Waals surface area contributed by atoms with Crippen molar-refractivity contribution in [3.05, 3.63) is 40.1 Å². The second kappa shape index (κ2) is 11.0. The van der Waals surface area contributed by atoms with Gasteiger partial charge in [0.05, 0.1) is 23.9 Å². The van der Waals surface area contributed by atoms with Gasteiger partial charge in [-0.1, -0.05) is 32.6 Å². The fourth-order valence-corrected chi connectivity index (χ4v) is 8.56. The van der Waals surface area contributed by atoms with Crippen LogP contribution in [0.3, 0.4) is 0 Å². The van der Waals surface area contributed by atoms with E-state index in [4.69, 9.17) is 0 Å². The molecule has 7 nitrogen and oxygen atoms in total. The first kappa shape index (κ1) is 27.9. The van der Waals surface area contributed by atoms with Gasteiger partial charge in [-0.25, -0.2) is 15.6 Å². The van der Waals surface area contributed by atoms with Gasteiger partial charge in [-0.2, -0.15) is 13.2 Å². The van der Waals surface area contributed by atoms with Crippen LogP contribution in [-0.2, 0) is 12.7 Å². The summed E-state index contributed by atoms with van der Waals surface area (Å²) in [4.78, 5) is 18.6. The number of likely N-dealkylation sites (tertiary alicyclic amines) is 1. The number of rotatable bonds is 7. The molecule has 0 spiro atoms. The smallest absolute Gasteiger partial charge is 0.299 e. The van der Waals surface area contributed by atoms with Gasteiger partial charge in [-0.15, -0.1) is 0 Å². The number of pyridine rings is 1. The van der Waals surface area contributed by atoms with Crippen molar-refractivity contribution in [2.75, 3.05) is 19.8 Å². The number of imidazole rings is 1. The van der Waals surface area contributed by atoms with E-state index in [0.29, 0.717) is 48.0 Å². The van der Waals surface area contributed by atoms with Crippen LogP contribution in [0.5, 0.6) is 0 Å². The lowest BCUT2D eigenvalue weighted by Gasteiger charge is -2.46. The number of fused-ring (bicyclic) bond motifs is 1. The number of nitrogens with zero attached hydrogens (tertiary/aromatic N) is 4. The zero-order chi connectivity index (χ0) is 28.3. The van der Waals surface area contributed by atoms with E-state index in [1.54, 1.807) is 10.8 Å². The Morgan fingerprint density at radius 1 is 0.976 bits per heavy atom. The van der Waals surface area contributed by atoms with E-state index in [1.165, 1.54) is 48.8 Å². The molecule has 0 radical (unpaired) electrons. The molecule has 5 aliphatic rings. The quantitative estimate of drug-likeness (QED) is 0.467. The average molecular weight is 575 g/mol. The molecule has 2 N–H and O–H groups in total. The Bertz CT molecular complexity index is 1300. The minimum absolute atomic E-state index is 0.0162. The molecule has 7 rings (SSSR count).